The van der Waals surface area contributed by atoms with Gasteiger partial charge < -0.3 is 10.1 Å². The molecule has 4 nitrogen and oxygen atoms in total. The van der Waals surface area contributed by atoms with Crippen LogP contribution in [0, 0.1) is 0 Å². The number of alkyl halides is 3. The van der Waals surface area contributed by atoms with Gasteiger partial charge in [-0.25, -0.2) is 0 Å². The summed E-state index contributed by atoms with van der Waals surface area (Å²) in [4.78, 5) is 14.8. The first kappa shape index (κ1) is 23.8. The summed E-state index contributed by atoms with van der Waals surface area (Å²) in [6.07, 6.45) is -2.83. The van der Waals surface area contributed by atoms with Crippen LogP contribution in [0.1, 0.15) is 34.3 Å². The highest BCUT2D eigenvalue weighted by atomic mass is 19.4. The summed E-state index contributed by atoms with van der Waals surface area (Å²) in [6.45, 7) is 2.47. The van der Waals surface area contributed by atoms with Gasteiger partial charge >= 0.3 is 6.18 Å². The Balaban J connectivity index is 1.31. The number of piperidine rings is 1. The lowest BCUT2D eigenvalue weighted by atomic mass is 10.0. The number of nitrogens with zero attached hydrogens (tertiary/aromatic N) is 1. The van der Waals surface area contributed by atoms with Gasteiger partial charge in [0.1, 0.15) is 5.75 Å². The van der Waals surface area contributed by atoms with Crippen molar-refractivity contribution in [3.63, 3.8) is 0 Å². The van der Waals surface area contributed by atoms with Crippen LogP contribution < -0.4 is 10.1 Å². The number of carbonyl (C=O) groups excluding carboxylic acids is 1. The molecule has 0 aromatic heterocycles. The lowest BCUT2D eigenvalue weighted by Gasteiger charge is -2.32. The number of carbonyl (C=O) groups is 1. The fraction of sp³-hybridized carbons (Fsp3) is 0.296. The molecule has 1 saturated heterocycles. The van der Waals surface area contributed by atoms with E-state index in [0.29, 0.717) is 0 Å². The number of hydrogen-bond acceptors (Lipinski definition) is 3. The van der Waals surface area contributed by atoms with E-state index < -0.39 is 11.7 Å². The van der Waals surface area contributed by atoms with Crippen molar-refractivity contribution in [2.45, 2.75) is 31.6 Å². The maximum absolute atomic E-state index is 12.7. The maximum Gasteiger partial charge on any atom is 0.416 e. The summed E-state index contributed by atoms with van der Waals surface area (Å²) in [7, 11) is 1.67. The summed E-state index contributed by atoms with van der Waals surface area (Å²) in [5, 5.41) is 2.96. The molecule has 0 spiro atoms. The first-order valence-electron chi connectivity index (χ1n) is 11.3. The van der Waals surface area contributed by atoms with Crippen LogP contribution in [0.3, 0.4) is 0 Å². The standard InChI is InChI=1S/C27H27F3N2O2/c1-34-25-8-3-2-7-24(25)21-6-4-5-19(17-21)18-32-15-13-23(14-16-32)31-26(33)20-9-11-22(12-10-20)27(28,29)30/h2-12,17,23H,13-16,18H2,1H3,(H,31,33). The Morgan fingerprint density at radius 2 is 1.71 bits per heavy atom. The fourth-order valence-electron chi connectivity index (χ4n) is 4.29. The molecule has 3 aromatic carbocycles. The Kier molecular flexibility index (Phi) is 7.22. The number of para-hydroxylation sites is 1. The highest BCUT2D eigenvalue weighted by Gasteiger charge is 2.30. The Hall–Kier alpha value is -3.32. The van der Waals surface area contributed by atoms with Crippen LogP contribution in [0.5, 0.6) is 5.75 Å². The lowest BCUT2D eigenvalue weighted by Crippen LogP contribution is -2.44. The summed E-state index contributed by atoms with van der Waals surface area (Å²) in [5.41, 5.74) is 2.84. The minimum absolute atomic E-state index is 0.00552. The second-order valence-corrected chi connectivity index (χ2v) is 8.50. The van der Waals surface area contributed by atoms with E-state index in [2.05, 4.69) is 28.4 Å². The third kappa shape index (κ3) is 5.78. The van der Waals surface area contributed by atoms with Gasteiger partial charge in [0, 0.05) is 36.8 Å². The van der Waals surface area contributed by atoms with Crippen LogP contribution in [0.15, 0.2) is 72.8 Å². The number of methoxy groups -OCH3 is 1. The molecule has 1 amide bonds. The number of likely N-dealkylation sites (tertiary alicyclic amines) is 1. The number of rotatable bonds is 6. The Labute approximate surface area is 197 Å². The van der Waals surface area contributed by atoms with E-state index in [-0.39, 0.29) is 17.5 Å². The van der Waals surface area contributed by atoms with E-state index in [4.69, 9.17) is 4.74 Å². The zero-order chi connectivity index (χ0) is 24.1. The molecule has 0 unspecified atom stereocenters. The Bertz CT molecular complexity index is 1120. The number of ether oxygens (including phenoxy) is 1. The smallest absolute Gasteiger partial charge is 0.416 e. The summed E-state index contributed by atoms with van der Waals surface area (Å²) in [6, 6.07) is 20.7. The number of benzene rings is 3. The van der Waals surface area contributed by atoms with Gasteiger partial charge in [0.25, 0.3) is 5.91 Å². The van der Waals surface area contributed by atoms with Crippen molar-refractivity contribution in [3.8, 4) is 16.9 Å². The first-order chi connectivity index (χ1) is 16.3. The maximum atomic E-state index is 12.7. The second-order valence-electron chi connectivity index (χ2n) is 8.50. The molecule has 0 radical (unpaired) electrons. The van der Waals surface area contributed by atoms with Gasteiger partial charge in [-0.1, -0.05) is 36.4 Å². The predicted octanol–water partition coefficient (Wildman–Crippen LogP) is 5.78. The molecule has 1 N–H and O–H groups in total. The highest BCUT2D eigenvalue weighted by Crippen LogP contribution is 2.31. The second kappa shape index (κ2) is 10.3. The van der Waals surface area contributed by atoms with Crippen molar-refractivity contribution in [1.82, 2.24) is 10.2 Å². The van der Waals surface area contributed by atoms with E-state index in [9.17, 15) is 18.0 Å². The topological polar surface area (TPSA) is 41.6 Å². The number of halogens is 3. The minimum Gasteiger partial charge on any atom is -0.496 e. The molecular formula is C27H27F3N2O2. The van der Waals surface area contributed by atoms with Crippen molar-refractivity contribution in [1.29, 1.82) is 0 Å². The average Bonchev–Trinajstić information content (AvgIpc) is 2.85. The quantitative estimate of drug-likeness (QED) is 0.499. The minimum atomic E-state index is -4.41. The van der Waals surface area contributed by atoms with Crippen molar-refractivity contribution in [3.05, 3.63) is 89.5 Å². The largest absolute Gasteiger partial charge is 0.496 e. The van der Waals surface area contributed by atoms with E-state index in [1.807, 2.05) is 30.3 Å². The van der Waals surface area contributed by atoms with Crippen LogP contribution in [-0.4, -0.2) is 37.0 Å². The van der Waals surface area contributed by atoms with Gasteiger partial charge in [-0.2, -0.15) is 13.2 Å². The van der Waals surface area contributed by atoms with Crippen molar-refractivity contribution < 1.29 is 22.7 Å². The van der Waals surface area contributed by atoms with Crippen LogP contribution in [0.25, 0.3) is 11.1 Å². The van der Waals surface area contributed by atoms with E-state index in [0.717, 1.165) is 61.5 Å². The zero-order valence-corrected chi connectivity index (χ0v) is 18.9. The summed E-state index contributed by atoms with van der Waals surface area (Å²) in [5.74, 6) is 0.501. The summed E-state index contributed by atoms with van der Waals surface area (Å²) >= 11 is 0. The third-order valence-electron chi connectivity index (χ3n) is 6.15. The van der Waals surface area contributed by atoms with E-state index >= 15 is 0 Å². The first-order valence-corrected chi connectivity index (χ1v) is 11.3. The van der Waals surface area contributed by atoms with Gasteiger partial charge in [-0.15, -0.1) is 0 Å². The SMILES string of the molecule is COc1ccccc1-c1cccc(CN2CCC(NC(=O)c3ccc(C(F)(F)F)cc3)CC2)c1. The molecule has 0 bridgehead atoms. The Morgan fingerprint density at radius 3 is 2.38 bits per heavy atom. The number of nitrogens with one attached hydrogen (secondary N) is 1. The monoisotopic (exact) mass is 468 g/mol. The van der Waals surface area contributed by atoms with Gasteiger partial charge in [-0.05, 0) is 60.4 Å². The molecule has 1 fully saturated rings. The molecule has 1 aliphatic rings. The molecular weight excluding hydrogens is 441 g/mol. The molecule has 4 rings (SSSR count). The van der Waals surface area contributed by atoms with Gasteiger partial charge in [0.15, 0.2) is 0 Å². The van der Waals surface area contributed by atoms with Crippen molar-refractivity contribution >= 4 is 5.91 Å². The molecule has 34 heavy (non-hydrogen) atoms. The highest BCUT2D eigenvalue weighted by molar-refractivity contribution is 5.94. The van der Waals surface area contributed by atoms with Gasteiger partial charge in [-0.3, -0.25) is 9.69 Å². The van der Waals surface area contributed by atoms with Crippen molar-refractivity contribution in [2.24, 2.45) is 0 Å². The fourth-order valence-corrected chi connectivity index (χ4v) is 4.29. The van der Waals surface area contributed by atoms with Gasteiger partial charge in [0.2, 0.25) is 0 Å². The van der Waals surface area contributed by atoms with Crippen molar-refractivity contribution in [2.75, 3.05) is 20.2 Å². The summed E-state index contributed by atoms with van der Waals surface area (Å²) < 4.78 is 43.6. The van der Waals surface area contributed by atoms with Crippen LogP contribution in [-0.2, 0) is 12.7 Å². The molecule has 0 aliphatic carbocycles. The molecule has 3 aromatic rings. The number of amides is 1. The Morgan fingerprint density at radius 1 is 1.00 bits per heavy atom. The molecule has 178 valence electrons. The van der Waals surface area contributed by atoms with Crippen LogP contribution >= 0.6 is 0 Å². The normalized spacial score (nSPS) is 15.2. The molecule has 1 heterocycles. The number of hydrogen-bond donors (Lipinski definition) is 1. The third-order valence-corrected chi connectivity index (χ3v) is 6.15. The van der Waals surface area contributed by atoms with E-state index in [1.54, 1.807) is 7.11 Å². The predicted molar refractivity (Wildman–Crippen MR) is 126 cm³/mol. The van der Waals surface area contributed by atoms with E-state index in [1.165, 1.54) is 17.7 Å². The van der Waals surface area contributed by atoms with Gasteiger partial charge in [0.05, 0.1) is 12.7 Å². The average molecular weight is 469 g/mol. The van der Waals surface area contributed by atoms with Crippen LogP contribution in [0.4, 0.5) is 13.2 Å². The molecule has 0 atom stereocenters. The molecule has 1 aliphatic heterocycles. The molecule has 7 heteroatoms. The zero-order valence-electron chi connectivity index (χ0n) is 18.9. The lowest BCUT2D eigenvalue weighted by molar-refractivity contribution is -0.137. The van der Waals surface area contributed by atoms with Crippen LogP contribution in [0.2, 0.25) is 0 Å². The molecule has 0 saturated carbocycles.